The minimum atomic E-state index is -1.10. The quantitative estimate of drug-likeness (QED) is 0.555. The van der Waals surface area contributed by atoms with Gasteiger partial charge < -0.3 is 10.2 Å². The van der Waals surface area contributed by atoms with Gasteiger partial charge in [-0.05, 0) is 12.5 Å². The number of allylic oxidation sites excluding steroid dienone is 1. The van der Waals surface area contributed by atoms with Crippen molar-refractivity contribution < 1.29 is 15.0 Å². The normalized spacial score (nSPS) is 12.4. The van der Waals surface area contributed by atoms with Gasteiger partial charge in [0.05, 0.1) is 17.5 Å². The molecule has 0 radical (unpaired) electrons. The number of aryl methyl sites for hydroxylation is 1. The fourth-order valence-corrected chi connectivity index (χ4v) is 1.13. The van der Waals surface area contributed by atoms with Crippen molar-refractivity contribution in [2.24, 2.45) is 7.05 Å². The van der Waals surface area contributed by atoms with Crippen LogP contribution in [0.4, 0.5) is 0 Å². The molecule has 2 N–H and O–H groups in total. The van der Waals surface area contributed by atoms with Crippen LogP contribution in [0.2, 0.25) is 0 Å². The Morgan fingerprint density at radius 1 is 1.57 bits per heavy atom. The number of aliphatic carboxylic acids is 1. The zero-order chi connectivity index (χ0) is 10.7. The Morgan fingerprint density at radius 2 is 2.21 bits per heavy atom. The number of nitrogens with zero attached hydrogens (tertiary/aromatic N) is 2. The van der Waals surface area contributed by atoms with E-state index in [2.05, 4.69) is 5.10 Å². The highest BCUT2D eigenvalue weighted by atomic mass is 16.4. The van der Waals surface area contributed by atoms with Gasteiger partial charge in [0, 0.05) is 19.7 Å². The third-order valence-corrected chi connectivity index (χ3v) is 1.83. The molecule has 0 spiro atoms. The second-order valence-electron chi connectivity index (χ2n) is 3.07. The highest BCUT2D eigenvalue weighted by Crippen LogP contribution is 2.10. The lowest BCUT2D eigenvalue weighted by molar-refractivity contribution is -0.132. The molecular weight excluding hydrogens is 184 g/mol. The molecule has 1 heterocycles. The van der Waals surface area contributed by atoms with Crippen molar-refractivity contribution in [3.05, 3.63) is 29.3 Å². The SMILES string of the molecule is C/C(O)=C(\Cc1cnn(C)c1)C(=O)O. The van der Waals surface area contributed by atoms with Crippen LogP contribution >= 0.6 is 0 Å². The number of carboxylic acids is 1. The van der Waals surface area contributed by atoms with Crippen LogP contribution in [0.1, 0.15) is 12.5 Å². The molecule has 0 aliphatic rings. The molecule has 1 aromatic heterocycles. The Hall–Kier alpha value is -1.78. The number of aromatic nitrogens is 2. The minimum Gasteiger partial charge on any atom is -0.512 e. The van der Waals surface area contributed by atoms with E-state index in [0.29, 0.717) is 0 Å². The molecule has 0 unspecified atom stereocenters. The van der Waals surface area contributed by atoms with Crippen LogP contribution in [-0.4, -0.2) is 26.0 Å². The molecule has 0 atom stereocenters. The molecule has 0 aromatic carbocycles. The summed E-state index contributed by atoms with van der Waals surface area (Å²) in [5.41, 5.74) is 0.760. The molecule has 1 aromatic rings. The molecule has 14 heavy (non-hydrogen) atoms. The molecule has 0 aliphatic carbocycles. The lowest BCUT2D eigenvalue weighted by atomic mass is 10.1. The van der Waals surface area contributed by atoms with Gasteiger partial charge in [-0.3, -0.25) is 4.68 Å². The molecule has 1 rings (SSSR count). The number of hydrogen-bond donors (Lipinski definition) is 2. The third kappa shape index (κ3) is 2.35. The number of aliphatic hydroxyl groups excluding tert-OH is 1. The van der Waals surface area contributed by atoms with Crippen LogP contribution in [0.25, 0.3) is 0 Å². The minimum absolute atomic E-state index is 0.00185. The Kier molecular flexibility index (Phi) is 2.91. The Bertz CT molecular complexity index is 375. The molecule has 0 saturated heterocycles. The smallest absolute Gasteiger partial charge is 0.335 e. The summed E-state index contributed by atoms with van der Waals surface area (Å²) >= 11 is 0. The topological polar surface area (TPSA) is 75.4 Å². The largest absolute Gasteiger partial charge is 0.512 e. The van der Waals surface area contributed by atoms with E-state index < -0.39 is 5.97 Å². The van der Waals surface area contributed by atoms with Crippen molar-refractivity contribution in [3.63, 3.8) is 0 Å². The van der Waals surface area contributed by atoms with Crippen LogP contribution < -0.4 is 0 Å². The van der Waals surface area contributed by atoms with Gasteiger partial charge in [-0.2, -0.15) is 5.10 Å². The summed E-state index contributed by atoms with van der Waals surface area (Å²) in [6.07, 6.45) is 3.48. The maximum atomic E-state index is 10.7. The number of hydrogen-bond acceptors (Lipinski definition) is 3. The van der Waals surface area contributed by atoms with Crippen molar-refractivity contribution in [2.45, 2.75) is 13.3 Å². The molecule has 0 saturated carbocycles. The second-order valence-corrected chi connectivity index (χ2v) is 3.07. The first-order valence-corrected chi connectivity index (χ1v) is 4.10. The van der Waals surface area contributed by atoms with Crippen molar-refractivity contribution in [3.8, 4) is 0 Å². The van der Waals surface area contributed by atoms with Gasteiger partial charge in [0.1, 0.15) is 0 Å². The maximum absolute atomic E-state index is 10.7. The highest BCUT2D eigenvalue weighted by molar-refractivity contribution is 5.87. The first-order valence-electron chi connectivity index (χ1n) is 4.10. The molecule has 5 heteroatoms. The van der Waals surface area contributed by atoms with E-state index in [0.717, 1.165) is 5.56 Å². The van der Waals surface area contributed by atoms with Gasteiger partial charge in [-0.15, -0.1) is 0 Å². The van der Waals surface area contributed by atoms with Gasteiger partial charge in [-0.1, -0.05) is 0 Å². The van der Waals surface area contributed by atoms with Crippen LogP contribution in [0.5, 0.6) is 0 Å². The summed E-state index contributed by atoms with van der Waals surface area (Å²) in [4.78, 5) is 10.7. The van der Waals surface area contributed by atoms with E-state index in [4.69, 9.17) is 10.2 Å². The van der Waals surface area contributed by atoms with E-state index in [1.165, 1.54) is 6.92 Å². The number of rotatable bonds is 3. The molecule has 0 bridgehead atoms. The van der Waals surface area contributed by atoms with Crippen LogP contribution in [0, 0.1) is 0 Å². The first kappa shape index (κ1) is 10.3. The molecule has 0 aliphatic heterocycles. The molecular formula is C9H12N2O3. The second kappa shape index (κ2) is 3.95. The van der Waals surface area contributed by atoms with E-state index in [1.54, 1.807) is 24.1 Å². The maximum Gasteiger partial charge on any atom is 0.335 e. The predicted octanol–water partition coefficient (Wildman–Crippen LogP) is 0.879. The monoisotopic (exact) mass is 196 g/mol. The van der Waals surface area contributed by atoms with E-state index >= 15 is 0 Å². The number of carboxylic acid groups (broad SMARTS) is 1. The highest BCUT2D eigenvalue weighted by Gasteiger charge is 2.12. The third-order valence-electron chi connectivity index (χ3n) is 1.83. The summed E-state index contributed by atoms with van der Waals surface area (Å²) in [6, 6.07) is 0. The van der Waals surface area contributed by atoms with Crippen molar-refractivity contribution in [1.82, 2.24) is 9.78 Å². The molecule has 76 valence electrons. The zero-order valence-corrected chi connectivity index (χ0v) is 8.06. The molecule has 5 nitrogen and oxygen atoms in total. The van der Waals surface area contributed by atoms with Crippen molar-refractivity contribution >= 4 is 5.97 Å². The van der Waals surface area contributed by atoms with Crippen LogP contribution in [-0.2, 0) is 18.3 Å². The fraction of sp³-hybridized carbons (Fsp3) is 0.333. The fourth-order valence-electron chi connectivity index (χ4n) is 1.13. The summed E-state index contributed by atoms with van der Waals surface area (Å²) in [6.45, 7) is 1.36. The predicted molar refractivity (Wildman–Crippen MR) is 49.9 cm³/mol. The van der Waals surface area contributed by atoms with Gasteiger partial charge in [0.25, 0.3) is 0 Å². The van der Waals surface area contributed by atoms with Crippen LogP contribution in [0.3, 0.4) is 0 Å². The van der Waals surface area contributed by atoms with Crippen LogP contribution in [0.15, 0.2) is 23.7 Å². The van der Waals surface area contributed by atoms with Gasteiger partial charge in [0.2, 0.25) is 0 Å². The average Bonchev–Trinajstić information content (AvgIpc) is 2.46. The molecule has 0 fully saturated rings. The molecule has 0 amide bonds. The number of aliphatic hydroxyl groups is 1. The Morgan fingerprint density at radius 3 is 2.57 bits per heavy atom. The summed E-state index contributed by atoms with van der Waals surface area (Å²) < 4.78 is 1.58. The van der Waals surface area contributed by atoms with Gasteiger partial charge in [0.15, 0.2) is 0 Å². The Balaban J connectivity index is 2.86. The van der Waals surface area contributed by atoms with E-state index in [9.17, 15) is 4.79 Å². The summed E-state index contributed by atoms with van der Waals surface area (Å²) in [7, 11) is 1.75. The number of carbonyl (C=O) groups is 1. The van der Waals surface area contributed by atoms with E-state index in [-0.39, 0.29) is 17.8 Å². The van der Waals surface area contributed by atoms with Crippen molar-refractivity contribution in [2.75, 3.05) is 0 Å². The zero-order valence-electron chi connectivity index (χ0n) is 8.06. The summed E-state index contributed by atoms with van der Waals surface area (Å²) in [5, 5.41) is 21.8. The summed E-state index contributed by atoms with van der Waals surface area (Å²) in [5.74, 6) is -1.27. The van der Waals surface area contributed by atoms with Gasteiger partial charge in [-0.25, -0.2) is 4.79 Å². The lowest BCUT2D eigenvalue weighted by Crippen LogP contribution is -2.06. The van der Waals surface area contributed by atoms with Gasteiger partial charge >= 0.3 is 5.97 Å². The van der Waals surface area contributed by atoms with E-state index in [1.807, 2.05) is 0 Å². The Labute approximate surface area is 81.3 Å². The lowest BCUT2D eigenvalue weighted by Gasteiger charge is -2.00. The standard InChI is InChI=1S/C9H12N2O3/c1-6(12)8(9(13)14)3-7-4-10-11(2)5-7/h4-5,12H,3H2,1-2H3,(H,13,14)/b8-6-. The first-order chi connectivity index (χ1) is 6.50. The van der Waals surface area contributed by atoms with Crippen molar-refractivity contribution in [1.29, 1.82) is 0 Å². The average molecular weight is 196 g/mol.